The molecular weight excluding hydrogens is 246 g/mol. The van der Waals surface area contributed by atoms with E-state index >= 15 is 0 Å². The SMILES string of the molecule is CCN(CC)C(=O)CC12CC3CC(C)(CC(C)(C3)C1)C2. The predicted molar refractivity (Wildman–Crippen MR) is 82.4 cm³/mol. The van der Waals surface area contributed by atoms with Gasteiger partial charge in [0.1, 0.15) is 0 Å². The van der Waals surface area contributed by atoms with Crippen LogP contribution in [0.2, 0.25) is 0 Å². The highest BCUT2D eigenvalue weighted by Gasteiger charge is 2.60. The minimum Gasteiger partial charge on any atom is -0.343 e. The molecule has 0 aromatic rings. The van der Waals surface area contributed by atoms with Crippen LogP contribution in [0.1, 0.15) is 72.6 Å². The fraction of sp³-hybridized carbons (Fsp3) is 0.944. The molecule has 0 spiro atoms. The first-order chi connectivity index (χ1) is 9.31. The second kappa shape index (κ2) is 4.48. The monoisotopic (exact) mass is 277 g/mol. The summed E-state index contributed by atoms with van der Waals surface area (Å²) in [5.41, 5.74) is 1.39. The number of carbonyl (C=O) groups is 1. The maximum atomic E-state index is 12.6. The summed E-state index contributed by atoms with van der Waals surface area (Å²) in [6, 6.07) is 0. The summed E-state index contributed by atoms with van der Waals surface area (Å²) >= 11 is 0. The first kappa shape index (κ1) is 14.4. The van der Waals surface area contributed by atoms with Gasteiger partial charge in [-0.3, -0.25) is 4.79 Å². The quantitative estimate of drug-likeness (QED) is 0.752. The molecule has 0 aromatic heterocycles. The van der Waals surface area contributed by atoms with E-state index in [9.17, 15) is 4.79 Å². The number of hydrogen-bond acceptors (Lipinski definition) is 1. The summed E-state index contributed by atoms with van der Waals surface area (Å²) in [7, 11) is 0. The average molecular weight is 277 g/mol. The van der Waals surface area contributed by atoms with E-state index in [0.717, 1.165) is 25.4 Å². The van der Waals surface area contributed by atoms with Crippen LogP contribution in [0.25, 0.3) is 0 Å². The van der Waals surface area contributed by atoms with Crippen molar-refractivity contribution in [3.05, 3.63) is 0 Å². The van der Waals surface area contributed by atoms with Crippen molar-refractivity contribution < 1.29 is 4.79 Å². The van der Waals surface area contributed by atoms with Crippen molar-refractivity contribution in [3.8, 4) is 0 Å². The molecule has 1 amide bonds. The molecule has 0 N–H and O–H groups in total. The minimum absolute atomic E-state index is 0.336. The summed E-state index contributed by atoms with van der Waals surface area (Å²) in [5, 5.41) is 0. The Labute approximate surface area is 124 Å². The van der Waals surface area contributed by atoms with E-state index < -0.39 is 0 Å². The minimum atomic E-state index is 0.336. The average Bonchev–Trinajstić information content (AvgIpc) is 2.24. The zero-order valence-corrected chi connectivity index (χ0v) is 13.8. The first-order valence-corrected chi connectivity index (χ1v) is 8.59. The number of nitrogens with zero attached hydrogens (tertiary/aromatic N) is 1. The Hall–Kier alpha value is -0.530. The summed E-state index contributed by atoms with van der Waals surface area (Å²) in [6.07, 6.45) is 8.99. The van der Waals surface area contributed by atoms with E-state index in [1.165, 1.54) is 38.5 Å². The van der Waals surface area contributed by atoms with E-state index in [4.69, 9.17) is 0 Å². The molecule has 0 saturated heterocycles. The molecule has 2 heteroatoms. The van der Waals surface area contributed by atoms with Crippen LogP contribution in [-0.2, 0) is 4.79 Å². The number of amides is 1. The van der Waals surface area contributed by atoms with Crippen LogP contribution in [0.3, 0.4) is 0 Å². The second-order valence-electron chi connectivity index (χ2n) is 8.87. The molecular formula is C18H31NO. The second-order valence-corrected chi connectivity index (χ2v) is 8.87. The van der Waals surface area contributed by atoms with Gasteiger partial charge in [-0.25, -0.2) is 0 Å². The third-order valence-corrected chi connectivity index (χ3v) is 6.38. The van der Waals surface area contributed by atoms with Crippen molar-refractivity contribution in [1.29, 1.82) is 0 Å². The largest absolute Gasteiger partial charge is 0.343 e. The third-order valence-electron chi connectivity index (χ3n) is 6.38. The van der Waals surface area contributed by atoms with E-state index in [1.807, 2.05) is 4.90 Å². The van der Waals surface area contributed by atoms with Crippen LogP contribution in [-0.4, -0.2) is 23.9 Å². The van der Waals surface area contributed by atoms with Crippen LogP contribution < -0.4 is 0 Å². The van der Waals surface area contributed by atoms with Crippen LogP contribution in [0, 0.1) is 22.2 Å². The maximum absolute atomic E-state index is 12.6. The Balaban J connectivity index is 1.80. The zero-order chi connectivity index (χ0) is 14.6. The van der Waals surface area contributed by atoms with Crippen molar-refractivity contribution in [1.82, 2.24) is 4.90 Å². The Kier molecular flexibility index (Phi) is 3.23. The molecule has 0 aromatic carbocycles. The highest BCUT2D eigenvalue weighted by atomic mass is 16.2. The van der Waals surface area contributed by atoms with E-state index in [-0.39, 0.29) is 0 Å². The van der Waals surface area contributed by atoms with Gasteiger partial charge in [-0.15, -0.1) is 0 Å². The van der Waals surface area contributed by atoms with Crippen molar-refractivity contribution in [2.75, 3.05) is 13.1 Å². The van der Waals surface area contributed by atoms with Gasteiger partial charge in [0.15, 0.2) is 0 Å². The fourth-order valence-corrected chi connectivity index (χ4v) is 6.89. The van der Waals surface area contributed by atoms with Crippen LogP contribution in [0.5, 0.6) is 0 Å². The Morgan fingerprint density at radius 1 is 1.00 bits per heavy atom. The molecule has 4 bridgehead atoms. The molecule has 2 atom stereocenters. The fourth-order valence-electron chi connectivity index (χ4n) is 6.89. The Morgan fingerprint density at radius 3 is 2.00 bits per heavy atom. The van der Waals surface area contributed by atoms with Gasteiger partial charge < -0.3 is 4.90 Å². The first-order valence-electron chi connectivity index (χ1n) is 8.59. The Bertz CT molecular complexity index is 394. The van der Waals surface area contributed by atoms with Gasteiger partial charge in [0.2, 0.25) is 5.91 Å². The third kappa shape index (κ3) is 2.29. The molecule has 20 heavy (non-hydrogen) atoms. The van der Waals surface area contributed by atoms with E-state index in [2.05, 4.69) is 27.7 Å². The lowest BCUT2D eigenvalue weighted by molar-refractivity contribution is -0.160. The van der Waals surface area contributed by atoms with E-state index in [1.54, 1.807) is 0 Å². The molecule has 0 heterocycles. The summed E-state index contributed by atoms with van der Waals surface area (Å²) in [4.78, 5) is 14.7. The van der Waals surface area contributed by atoms with Gasteiger partial charge in [0.05, 0.1) is 0 Å². The van der Waals surface area contributed by atoms with Crippen molar-refractivity contribution >= 4 is 5.91 Å². The molecule has 0 radical (unpaired) electrons. The molecule has 2 nitrogen and oxygen atoms in total. The van der Waals surface area contributed by atoms with E-state index in [0.29, 0.717) is 22.2 Å². The van der Waals surface area contributed by atoms with Crippen LogP contribution in [0.15, 0.2) is 0 Å². The number of rotatable bonds is 4. The Morgan fingerprint density at radius 2 is 1.55 bits per heavy atom. The normalized spacial score (nSPS) is 45.7. The van der Waals surface area contributed by atoms with Gasteiger partial charge in [-0.2, -0.15) is 0 Å². The molecule has 4 saturated carbocycles. The van der Waals surface area contributed by atoms with Crippen LogP contribution >= 0.6 is 0 Å². The summed E-state index contributed by atoms with van der Waals surface area (Å²) < 4.78 is 0. The standard InChI is InChI=1S/C18H31NO/c1-5-19(6-2)15(20)10-18-9-14-7-16(3,12-18)11-17(4,8-14)13-18/h14H,5-13H2,1-4H3. The topological polar surface area (TPSA) is 20.3 Å². The zero-order valence-electron chi connectivity index (χ0n) is 13.8. The summed E-state index contributed by atoms with van der Waals surface area (Å²) in [5.74, 6) is 1.30. The van der Waals surface area contributed by atoms with Crippen molar-refractivity contribution in [2.24, 2.45) is 22.2 Å². The lowest BCUT2D eigenvalue weighted by Crippen LogP contribution is -2.56. The highest BCUT2D eigenvalue weighted by Crippen LogP contribution is 2.70. The molecule has 4 aliphatic rings. The van der Waals surface area contributed by atoms with Crippen LogP contribution in [0.4, 0.5) is 0 Å². The summed E-state index contributed by atoms with van der Waals surface area (Å²) in [6.45, 7) is 10.9. The molecule has 4 rings (SSSR count). The molecule has 2 unspecified atom stereocenters. The van der Waals surface area contributed by atoms with Gasteiger partial charge in [0.25, 0.3) is 0 Å². The molecule has 4 aliphatic carbocycles. The van der Waals surface area contributed by atoms with Gasteiger partial charge >= 0.3 is 0 Å². The van der Waals surface area contributed by atoms with Crippen molar-refractivity contribution in [2.45, 2.75) is 72.6 Å². The van der Waals surface area contributed by atoms with Gasteiger partial charge in [-0.1, -0.05) is 13.8 Å². The van der Waals surface area contributed by atoms with Gasteiger partial charge in [-0.05, 0) is 74.5 Å². The lowest BCUT2D eigenvalue weighted by atomic mass is 9.40. The lowest BCUT2D eigenvalue weighted by Gasteiger charge is -2.65. The molecule has 114 valence electrons. The van der Waals surface area contributed by atoms with Crippen molar-refractivity contribution in [3.63, 3.8) is 0 Å². The highest BCUT2D eigenvalue weighted by molar-refractivity contribution is 5.77. The smallest absolute Gasteiger partial charge is 0.223 e. The number of carbonyl (C=O) groups excluding carboxylic acids is 1. The van der Waals surface area contributed by atoms with Gasteiger partial charge in [0, 0.05) is 19.5 Å². The molecule has 0 aliphatic heterocycles. The maximum Gasteiger partial charge on any atom is 0.223 e. The number of hydrogen-bond donors (Lipinski definition) is 0. The predicted octanol–water partition coefficient (Wildman–Crippen LogP) is 4.24. The molecule has 4 fully saturated rings.